The van der Waals surface area contributed by atoms with Crippen LogP contribution >= 0.6 is 0 Å². The van der Waals surface area contributed by atoms with Gasteiger partial charge in [0.05, 0.1) is 0 Å². The predicted molar refractivity (Wildman–Crippen MR) is 107 cm³/mol. The Morgan fingerprint density at radius 1 is 1.00 bits per heavy atom. The lowest BCUT2D eigenvalue weighted by Gasteiger charge is -2.20. The number of nitrogens with one attached hydrogen (secondary N) is 4. The molecule has 150 valence electrons. The summed E-state index contributed by atoms with van der Waals surface area (Å²) >= 11 is 0. The summed E-state index contributed by atoms with van der Waals surface area (Å²) in [7, 11) is 1.68. The molecular weight excluding hydrogens is 346 g/mol. The molecule has 4 N–H and O–H groups in total. The fraction of sp³-hybridized carbons (Fsp3) is 0.526. The minimum atomic E-state index is -0.512. The summed E-state index contributed by atoms with van der Waals surface area (Å²) < 4.78 is 5.17. The molecule has 0 atom stereocenters. The van der Waals surface area contributed by atoms with Crippen LogP contribution in [0, 0.1) is 0 Å². The molecule has 0 saturated heterocycles. The maximum atomic E-state index is 11.7. The molecule has 0 aliphatic carbocycles. The van der Waals surface area contributed by atoms with Crippen molar-refractivity contribution in [1.82, 2.24) is 21.3 Å². The average Bonchev–Trinajstić information content (AvgIpc) is 2.60. The second-order valence-corrected chi connectivity index (χ2v) is 6.84. The molecule has 0 bridgehead atoms. The van der Waals surface area contributed by atoms with Crippen molar-refractivity contribution >= 4 is 18.0 Å². The Morgan fingerprint density at radius 2 is 1.63 bits per heavy atom. The second kappa shape index (κ2) is 11.1. The molecule has 0 aliphatic rings. The van der Waals surface area contributed by atoms with Gasteiger partial charge in [-0.1, -0.05) is 12.1 Å². The summed E-state index contributed by atoms with van der Waals surface area (Å²) in [4.78, 5) is 27.4. The van der Waals surface area contributed by atoms with Gasteiger partial charge < -0.3 is 26.0 Å². The molecule has 2 amide bonds. The van der Waals surface area contributed by atoms with E-state index < -0.39 is 11.7 Å². The number of rotatable bonds is 7. The molecule has 0 aromatic heterocycles. The molecular formula is C19H31N5O3. The Kier molecular flexibility index (Phi) is 9.12. The molecule has 0 radical (unpaired) electrons. The van der Waals surface area contributed by atoms with Crippen molar-refractivity contribution in [1.29, 1.82) is 0 Å². The van der Waals surface area contributed by atoms with Gasteiger partial charge in [0.2, 0.25) is 0 Å². The van der Waals surface area contributed by atoms with E-state index in [0.29, 0.717) is 37.7 Å². The van der Waals surface area contributed by atoms with Gasteiger partial charge in [0.1, 0.15) is 5.60 Å². The standard InChI is InChI=1S/C19H31N5O3/c1-6-21-16(25)15-9-7-14(8-10-15)13-24-17(20-5)22-11-12-23-18(26)27-19(2,3)4/h7-10H,6,11-13H2,1-5H3,(H,21,25)(H,23,26)(H2,20,22,24). The van der Waals surface area contributed by atoms with Crippen LogP contribution in [0.25, 0.3) is 0 Å². The quantitative estimate of drug-likeness (QED) is 0.328. The van der Waals surface area contributed by atoms with Crippen LogP contribution in [0.1, 0.15) is 43.6 Å². The Balaban J connectivity index is 2.34. The monoisotopic (exact) mass is 377 g/mol. The van der Waals surface area contributed by atoms with Gasteiger partial charge in [-0.05, 0) is 45.4 Å². The van der Waals surface area contributed by atoms with E-state index in [1.54, 1.807) is 19.2 Å². The fourth-order valence-corrected chi connectivity index (χ4v) is 2.10. The number of aliphatic imine (C=N–C) groups is 1. The summed E-state index contributed by atoms with van der Waals surface area (Å²) in [5, 5.41) is 11.7. The van der Waals surface area contributed by atoms with E-state index in [-0.39, 0.29) is 5.91 Å². The third-order valence-corrected chi connectivity index (χ3v) is 3.32. The van der Waals surface area contributed by atoms with Gasteiger partial charge in [0.25, 0.3) is 5.91 Å². The molecule has 1 aromatic rings. The van der Waals surface area contributed by atoms with Gasteiger partial charge >= 0.3 is 6.09 Å². The summed E-state index contributed by atoms with van der Waals surface area (Å²) in [6.07, 6.45) is -0.445. The summed E-state index contributed by atoms with van der Waals surface area (Å²) in [5.74, 6) is 0.542. The minimum absolute atomic E-state index is 0.0769. The second-order valence-electron chi connectivity index (χ2n) is 6.84. The average molecular weight is 377 g/mol. The van der Waals surface area contributed by atoms with Crippen molar-refractivity contribution in [3.63, 3.8) is 0 Å². The first kappa shape index (κ1) is 22.3. The van der Waals surface area contributed by atoms with Crippen molar-refractivity contribution in [2.45, 2.75) is 39.8 Å². The zero-order valence-electron chi connectivity index (χ0n) is 16.8. The summed E-state index contributed by atoms with van der Waals surface area (Å²) in [5.41, 5.74) is 1.15. The Labute approximate surface area is 161 Å². The third-order valence-electron chi connectivity index (χ3n) is 3.32. The minimum Gasteiger partial charge on any atom is -0.444 e. The molecule has 1 aromatic carbocycles. The SMILES string of the molecule is CCNC(=O)c1ccc(CNC(=NC)NCCNC(=O)OC(C)(C)C)cc1. The zero-order chi connectivity index (χ0) is 20.3. The summed E-state index contributed by atoms with van der Waals surface area (Å²) in [6.45, 7) is 9.43. The van der Waals surface area contributed by atoms with Crippen LogP contribution in [0.4, 0.5) is 4.79 Å². The van der Waals surface area contributed by atoms with E-state index >= 15 is 0 Å². The van der Waals surface area contributed by atoms with Crippen LogP contribution in [-0.2, 0) is 11.3 Å². The first-order valence-electron chi connectivity index (χ1n) is 9.03. The van der Waals surface area contributed by atoms with Crippen molar-refractivity contribution in [2.24, 2.45) is 4.99 Å². The number of benzene rings is 1. The Morgan fingerprint density at radius 3 is 2.19 bits per heavy atom. The lowest BCUT2D eigenvalue weighted by Crippen LogP contribution is -2.42. The molecule has 8 heteroatoms. The number of hydrogen-bond donors (Lipinski definition) is 4. The van der Waals surface area contributed by atoms with Crippen molar-refractivity contribution in [3.05, 3.63) is 35.4 Å². The van der Waals surface area contributed by atoms with Gasteiger partial charge in [-0.15, -0.1) is 0 Å². The number of carbonyl (C=O) groups excluding carboxylic acids is 2. The lowest BCUT2D eigenvalue weighted by molar-refractivity contribution is 0.0528. The number of carbonyl (C=O) groups is 2. The number of hydrogen-bond acceptors (Lipinski definition) is 4. The van der Waals surface area contributed by atoms with E-state index in [0.717, 1.165) is 5.56 Å². The van der Waals surface area contributed by atoms with Gasteiger partial charge in [0.15, 0.2) is 5.96 Å². The molecule has 0 aliphatic heterocycles. The van der Waals surface area contributed by atoms with E-state index in [1.807, 2.05) is 39.8 Å². The van der Waals surface area contributed by atoms with E-state index in [4.69, 9.17) is 4.74 Å². The predicted octanol–water partition coefficient (Wildman–Crippen LogP) is 1.63. The number of alkyl carbamates (subject to hydrolysis) is 1. The highest BCUT2D eigenvalue weighted by molar-refractivity contribution is 5.94. The molecule has 0 heterocycles. The number of amides is 2. The van der Waals surface area contributed by atoms with Crippen molar-refractivity contribution in [2.75, 3.05) is 26.7 Å². The maximum absolute atomic E-state index is 11.7. The number of guanidine groups is 1. The smallest absolute Gasteiger partial charge is 0.407 e. The highest BCUT2D eigenvalue weighted by Crippen LogP contribution is 2.06. The molecule has 0 fully saturated rings. The molecule has 0 saturated carbocycles. The highest BCUT2D eigenvalue weighted by atomic mass is 16.6. The van der Waals surface area contributed by atoms with E-state index in [2.05, 4.69) is 26.3 Å². The van der Waals surface area contributed by atoms with E-state index in [9.17, 15) is 9.59 Å². The van der Waals surface area contributed by atoms with Crippen LogP contribution in [0.15, 0.2) is 29.3 Å². The molecule has 8 nitrogen and oxygen atoms in total. The summed E-state index contributed by atoms with van der Waals surface area (Å²) in [6, 6.07) is 7.38. The zero-order valence-corrected chi connectivity index (χ0v) is 16.8. The first-order valence-corrected chi connectivity index (χ1v) is 9.03. The largest absolute Gasteiger partial charge is 0.444 e. The van der Waals surface area contributed by atoms with Gasteiger partial charge in [-0.3, -0.25) is 9.79 Å². The van der Waals surface area contributed by atoms with Gasteiger partial charge in [0, 0.05) is 38.8 Å². The molecule has 27 heavy (non-hydrogen) atoms. The van der Waals surface area contributed by atoms with Crippen LogP contribution in [-0.4, -0.2) is 50.2 Å². The normalized spacial score (nSPS) is 11.5. The third kappa shape index (κ3) is 9.48. The molecule has 0 unspecified atom stereocenters. The topological polar surface area (TPSA) is 104 Å². The highest BCUT2D eigenvalue weighted by Gasteiger charge is 2.15. The van der Waals surface area contributed by atoms with E-state index in [1.165, 1.54) is 0 Å². The van der Waals surface area contributed by atoms with Crippen LogP contribution in [0.3, 0.4) is 0 Å². The van der Waals surface area contributed by atoms with Crippen molar-refractivity contribution < 1.29 is 14.3 Å². The van der Waals surface area contributed by atoms with Crippen LogP contribution in [0.5, 0.6) is 0 Å². The lowest BCUT2D eigenvalue weighted by atomic mass is 10.1. The van der Waals surface area contributed by atoms with Crippen LogP contribution < -0.4 is 21.3 Å². The first-order chi connectivity index (χ1) is 12.7. The Bertz CT molecular complexity index is 636. The molecule has 0 spiro atoms. The van der Waals surface area contributed by atoms with Gasteiger partial charge in [-0.2, -0.15) is 0 Å². The Hall–Kier alpha value is -2.77. The number of nitrogens with zero attached hydrogens (tertiary/aromatic N) is 1. The fourth-order valence-electron chi connectivity index (χ4n) is 2.10. The van der Waals surface area contributed by atoms with Gasteiger partial charge in [-0.25, -0.2) is 4.79 Å². The number of ether oxygens (including phenoxy) is 1. The van der Waals surface area contributed by atoms with Crippen molar-refractivity contribution in [3.8, 4) is 0 Å². The molecule has 1 rings (SSSR count). The van der Waals surface area contributed by atoms with Crippen LogP contribution in [0.2, 0.25) is 0 Å². The maximum Gasteiger partial charge on any atom is 0.407 e.